The van der Waals surface area contributed by atoms with Gasteiger partial charge in [-0.05, 0) is 28.1 Å². The van der Waals surface area contributed by atoms with Gasteiger partial charge in [0.25, 0.3) is 0 Å². The summed E-state index contributed by atoms with van der Waals surface area (Å²) in [6, 6.07) is 3.03. The largest absolute Gasteiger partial charge is 0.298 e. The van der Waals surface area contributed by atoms with E-state index in [0.717, 1.165) is 18.2 Å². The van der Waals surface area contributed by atoms with E-state index in [9.17, 15) is 13.6 Å². The lowest BCUT2D eigenvalue weighted by molar-refractivity contribution is 0.112. The third kappa shape index (κ3) is 2.12. The molecule has 0 aliphatic heterocycles. The van der Waals surface area contributed by atoms with Crippen LogP contribution < -0.4 is 0 Å². The molecule has 0 amide bonds. The second-order valence-corrected chi connectivity index (χ2v) is 4.20. The average Bonchev–Trinajstić information content (AvgIpc) is 2.54. The predicted octanol–water partition coefficient (Wildman–Crippen LogP) is 2.94. The average molecular weight is 301 g/mol. The van der Waals surface area contributed by atoms with Crippen LogP contribution in [0.4, 0.5) is 8.78 Å². The lowest BCUT2D eigenvalue weighted by Crippen LogP contribution is -1.90. The Morgan fingerprint density at radius 2 is 1.88 bits per heavy atom. The van der Waals surface area contributed by atoms with Gasteiger partial charge < -0.3 is 0 Å². The molecule has 6 heteroatoms. The van der Waals surface area contributed by atoms with Crippen molar-refractivity contribution >= 4 is 22.2 Å². The van der Waals surface area contributed by atoms with Crippen LogP contribution in [0.15, 0.2) is 22.8 Å². The van der Waals surface area contributed by atoms with Gasteiger partial charge in [0, 0.05) is 18.7 Å². The molecule has 3 nitrogen and oxygen atoms in total. The van der Waals surface area contributed by atoms with Crippen molar-refractivity contribution in [1.82, 2.24) is 9.78 Å². The van der Waals surface area contributed by atoms with Crippen molar-refractivity contribution in [2.24, 2.45) is 7.05 Å². The lowest BCUT2D eigenvalue weighted by Gasteiger charge is -1.99. The Bertz CT molecular complexity index is 575. The molecular weight excluding hydrogens is 294 g/mol. The zero-order valence-corrected chi connectivity index (χ0v) is 10.3. The number of hydrogen-bond acceptors (Lipinski definition) is 2. The first kappa shape index (κ1) is 11.9. The molecule has 0 radical (unpaired) electrons. The fraction of sp³-hybridized carbons (Fsp3) is 0.0909. The number of benzene rings is 1. The molecule has 0 saturated heterocycles. The molecule has 0 bridgehead atoms. The maximum atomic E-state index is 13.1. The van der Waals surface area contributed by atoms with E-state index in [0.29, 0.717) is 10.9 Å². The van der Waals surface area contributed by atoms with E-state index in [-0.39, 0.29) is 16.8 Å². The predicted molar refractivity (Wildman–Crippen MR) is 61.6 cm³/mol. The summed E-state index contributed by atoms with van der Waals surface area (Å²) in [6.45, 7) is 0. The quantitative estimate of drug-likeness (QED) is 0.799. The van der Waals surface area contributed by atoms with Gasteiger partial charge in [-0.1, -0.05) is 0 Å². The van der Waals surface area contributed by atoms with Gasteiger partial charge in [0.05, 0.1) is 5.56 Å². The van der Waals surface area contributed by atoms with E-state index < -0.39 is 11.6 Å². The zero-order chi connectivity index (χ0) is 12.6. The van der Waals surface area contributed by atoms with Gasteiger partial charge >= 0.3 is 0 Å². The zero-order valence-electron chi connectivity index (χ0n) is 8.75. The number of aldehydes is 1. The second-order valence-electron chi connectivity index (χ2n) is 3.45. The third-order valence-corrected chi connectivity index (χ3v) is 3.21. The number of nitrogens with zero attached hydrogens (tertiary/aromatic N) is 2. The topological polar surface area (TPSA) is 34.9 Å². The highest BCUT2D eigenvalue weighted by molar-refractivity contribution is 9.10. The second kappa shape index (κ2) is 4.37. The Morgan fingerprint density at radius 1 is 1.29 bits per heavy atom. The number of aromatic nitrogens is 2. The number of rotatable bonds is 2. The van der Waals surface area contributed by atoms with Crippen molar-refractivity contribution in [2.45, 2.75) is 0 Å². The monoisotopic (exact) mass is 300 g/mol. The maximum Gasteiger partial charge on any atom is 0.155 e. The molecule has 1 aromatic heterocycles. The molecule has 1 aromatic carbocycles. The van der Waals surface area contributed by atoms with Crippen molar-refractivity contribution in [1.29, 1.82) is 0 Å². The Balaban J connectivity index is 2.67. The number of carbonyl (C=O) groups excluding carboxylic acids is 1. The van der Waals surface area contributed by atoms with Gasteiger partial charge in [0.1, 0.15) is 21.9 Å². The van der Waals surface area contributed by atoms with Crippen LogP contribution in [0.5, 0.6) is 0 Å². The van der Waals surface area contributed by atoms with Crippen LogP contribution in [-0.4, -0.2) is 16.1 Å². The van der Waals surface area contributed by atoms with Crippen LogP contribution in [0.25, 0.3) is 11.3 Å². The molecule has 0 saturated carbocycles. The molecule has 0 aliphatic rings. The molecule has 0 spiro atoms. The molecular formula is C11H7BrF2N2O. The van der Waals surface area contributed by atoms with Crippen LogP contribution in [0.1, 0.15) is 10.4 Å². The molecule has 88 valence electrons. The van der Waals surface area contributed by atoms with E-state index in [4.69, 9.17) is 0 Å². The van der Waals surface area contributed by atoms with Crippen LogP contribution in [0.3, 0.4) is 0 Å². The molecule has 0 fully saturated rings. The Hall–Kier alpha value is -1.56. The van der Waals surface area contributed by atoms with Crippen LogP contribution in [-0.2, 0) is 7.05 Å². The van der Waals surface area contributed by atoms with Gasteiger partial charge in [-0.25, -0.2) is 8.78 Å². The van der Waals surface area contributed by atoms with Crippen molar-refractivity contribution < 1.29 is 13.6 Å². The van der Waals surface area contributed by atoms with Gasteiger partial charge in [-0.3, -0.25) is 9.48 Å². The van der Waals surface area contributed by atoms with E-state index >= 15 is 0 Å². The first-order valence-electron chi connectivity index (χ1n) is 4.67. The molecule has 17 heavy (non-hydrogen) atoms. The summed E-state index contributed by atoms with van der Waals surface area (Å²) in [5.74, 6) is -1.42. The van der Waals surface area contributed by atoms with Crippen LogP contribution in [0, 0.1) is 11.6 Å². The van der Waals surface area contributed by atoms with Crippen molar-refractivity contribution in [2.75, 3.05) is 0 Å². The van der Waals surface area contributed by atoms with Crippen LogP contribution >= 0.6 is 15.9 Å². The maximum absolute atomic E-state index is 13.1. The minimum absolute atomic E-state index is 0.228. The van der Waals surface area contributed by atoms with E-state index in [1.807, 2.05) is 0 Å². The number of carbonyl (C=O) groups is 1. The molecule has 2 aromatic rings. The highest BCUT2D eigenvalue weighted by Crippen LogP contribution is 2.28. The SMILES string of the molecule is Cn1nc(-c2cc(F)cc(F)c2)c(C=O)c1Br. The first-order chi connectivity index (χ1) is 8.02. The summed E-state index contributed by atoms with van der Waals surface area (Å²) in [6.07, 6.45) is 0.592. The fourth-order valence-electron chi connectivity index (χ4n) is 1.53. The van der Waals surface area contributed by atoms with E-state index in [2.05, 4.69) is 21.0 Å². The van der Waals surface area contributed by atoms with Gasteiger partial charge in [0.15, 0.2) is 6.29 Å². The molecule has 0 N–H and O–H groups in total. The molecule has 0 atom stereocenters. The summed E-state index contributed by atoms with van der Waals surface area (Å²) < 4.78 is 28.0. The van der Waals surface area contributed by atoms with Gasteiger partial charge in [-0.15, -0.1) is 0 Å². The molecule has 0 unspecified atom stereocenters. The van der Waals surface area contributed by atoms with Crippen molar-refractivity contribution in [3.05, 3.63) is 40.0 Å². The molecule has 1 heterocycles. The van der Waals surface area contributed by atoms with Crippen LogP contribution in [0.2, 0.25) is 0 Å². The lowest BCUT2D eigenvalue weighted by atomic mass is 10.1. The summed E-state index contributed by atoms with van der Waals surface area (Å²) in [5.41, 5.74) is 0.733. The van der Waals surface area contributed by atoms with E-state index in [1.165, 1.54) is 4.68 Å². The smallest absolute Gasteiger partial charge is 0.155 e. The Morgan fingerprint density at radius 3 is 2.41 bits per heavy atom. The number of hydrogen-bond donors (Lipinski definition) is 0. The number of aryl methyl sites for hydroxylation is 1. The first-order valence-corrected chi connectivity index (χ1v) is 5.46. The summed E-state index contributed by atoms with van der Waals surface area (Å²) in [7, 11) is 1.62. The highest BCUT2D eigenvalue weighted by atomic mass is 79.9. The number of halogens is 3. The fourth-order valence-corrected chi connectivity index (χ4v) is 1.89. The highest BCUT2D eigenvalue weighted by Gasteiger charge is 2.16. The normalized spacial score (nSPS) is 10.6. The Kier molecular flexibility index (Phi) is 3.06. The summed E-state index contributed by atoms with van der Waals surface area (Å²) in [4.78, 5) is 10.9. The van der Waals surface area contributed by atoms with E-state index in [1.54, 1.807) is 7.05 Å². The minimum atomic E-state index is -0.710. The Labute approximate surface area is 104 Å². The molecule has 0 aliphatic carbocycles. The van der Waals surface area contributed by atoms with Gasteiger partial charge in [0.2, 0.25) is 0 Å². The standard InChI is InChI=1S/C11H7BrF2N2O/c1-16-11(12)9(5-17)10(15-16)6-2-7(13)4-8(14)3-6/h2-5H,1H3. The summed E-state index contributed by atoms with van der Waals surface area (Å²) in [5, 5.41) is 4.04. The van der Waals surface area contributed by atoms with Crippen molar-refractivity contribution in [3.63, 3.8) is 0 Å². The molecule has 2 rings (SSSR count). The third-order valence-electron chi connectivity index (χ3n) is 2.27. The van der Waals surface area contributed by atoms with Crippen molar-refractivity contribution in [3.8, 4) is 11.3 Å². The summed E-state index contributed by atoms with van der Waals surface area (Å²) >= 11 is 3.18. The van der Waals surface area contributed by atoms with Gasteiger partial charge in [-0.2, -0.15) is 5.10 Å². The minimum Gasteiger partial charge on any atom is -0.298 e.